The Labute approximate surface area is 146 Å². The third-order valence-electron chi connectivity index (χ3n) is 2.74. The molecular weight excluding hydrogens is 404 g/mol. The molecule has 0 aliphatic rings. The second-order valence-electron chi connectivity index (χ2n) is 4.66. The lowest BCUT2D eigenvalue weighted by atomic mass is 10.4. The molecule has 2 heterocycles. The lowest BCUT2D eigenvalue weighted by Crippen LogP contribution is -2.23. The number of aliphatic hydroxyl groups excluding tert-OH is 2. The quantitative estimate of drug-likeness (QED) is 0.409. The van der Waals surface area contributed by atoms with Gasteiger partial charge in [0, 0.05) is 12.7 Å². The number of anilines is 3. The number of nitrogens with one attached hydrogen (secondary N) is 2. The molecule has 6 N–H and O–H groups in total. The monoisotopic (exact) mass is 418 g/mol. The molecular formula is C12H15BrN6O4S. The zero-order chi connectivity index (χ0) is 17.7. The molecule has 0 bridgehead atoms. The molecule has 0 amide bonds. The summed E-state index contributed by atoms with van der Waals surface area (Å²) in [5, 5.41) is 28.6. The van der Waals surface area contributed by atoms with Crippen LogP contribution in [0.1, 0.15) is 0 Å². The first-order valence-corrected chi connectivity index (χ1v) is 8.94. The van der Waals surface area contributed by atoms with Crippen LogP contribution in [0.2, 0.25) is 0 Å². The van der Waals surface area contributed by atoms with E-state index in [0.717, 1.165) is 0 Å². The molecule has 0 radical (unpaired) electrons. The van der Waals surface area contributed by atoms with Gasteiger partial charge >= 0.3 is 0 Å². The molecule has 12 heteroatoms. The highest BCUT2D eigenvalue weighted by Crippen LogP contribution is 2.22. The molecule has 1 unspecified atom stereocenters. The second kappa shape index (κ2) is 7.81. The Bertz CT molecular complexity index is 802. The van der Waals surface area contributed by atoms with Gasteiger partial charge in [-0.05, 0) is 28.1 Å². The van der Waals surface area contributed by atoms with E-state index in [0.29, 0.717) is 16.0 Å². The first kappa shape index (κ1) is 18.5. The van der Waals surface area contributed by atoms with Gasteiger partial charge in [-0.1, -0.05) is 0 Å². The van der Waals surface area contributed by atoms with Gasteiger partial charge in [-0.25, -0.2) is 23.5 Å². The van der Waals surface area contributed by atoms with E-state index < -0.39 is 16.1 Å². The van der Waals surface area contributed by atoms with Crippen molar-refractivity contribution in [2.75, 3.05) is 23.8 Å². The molecule has 2 aromatic heterocycles. The maximum atomic E-state index is 11.2. The third-order valence-corrected chi connectivity index (χ3v) is 4.15. The van der Waals surface area contributed by atoms with E-state index in [-0.39, 0.29) is 24.1 Å². The summed E-state index contributed by atoms with van der Waals surface area (Å²) in [6.07, 6.45) is 1.86. The van der Waals surface area contributed by atoms with E-state index in [1.165, 1.54) is 24.5 Å². The van der Waals surface area contributed by atoms with Crippen molar-refractivity contribution in [3.8, 4) is 0 Å². The van der Waals surface area contributed by atoms with Crippen LogP contribution in [-0.2, 0) is 10.0 Å². The minimum Gasteiger partial charge on any atom is -0.394 e. The molecule has 2 aromatic rings. The van der Waals surface area contributed by atoms with Crippen LogP contribution in [0.3, 0.4) is 0 Å². The van der Waals surface area contributed by atoms with Crippen molar-refractivity contribution >= 4 is 43.4 Å². The van der Waals surface area contributed by atoms with E-state index in [1.54, 1.807) is 0 Å². The lowest BCUT2D eigenvalue weighted by Gasteiger charge is -2.12. The van der Waals surface area contributed by atoms with Gasteiger partial charge in [-0.2, -0.15) is 4.98 Å². The summed E-state index contributed by atoms with van der Waals surface area (Å²) in [5.41, 5.74) is 0.464. The van der Waals surface area contributed by atoms with Gasteiger partial charge in [0.2, 0.25) is 5.95 Å². The Kier molecular flexibility index (Phi) is 6.01. The summed E-state index contributed by atoms with van der Waals surface area (Å²) >= 11 is 3.27. The fourth-order valence-corrected chi connectivity index (χ4v) is 2.37. The summed E-state index contributed by atoms with van der Waals surface area (Å²) in [5.74, 6) is 0.637. The highest BCUT2D eigenvalue weighted by atomic mass is 79.9. The Morgan fingerprint density at radius 1 is 1.29 bits per heavy atom. The number of hydrogen-bond acceptors (Lipinski definition) is 9. The van der Waals surface area contributed by atoms with E-state index >= 15 is 0 Å². The Morgan fingerprint density at radius 2 is 2.04 bits per heavy atom. The SMILES string of the molecule is NS(=O)(=O)c1ccc(Nc2ncc(Br)c(NCC(O)CO)n2)cn1. The zero-order valence-corrected chi connectivity index (χ0v) is 14.6. The molecule has 0 spiro atoms. The molecule has 10 nitrogen and oxygen atoms in total. The molecule has 24 heavy (non-hydrogen) atoms. The second-order valence-corrected chi connectivity index (χ2v) is 7.03. The van der Waals surface area contributed by atoms with Crippen molar-refractivity contribution in [3.63, 3.8) is 0 Å². The molecule has 2 rings (SSSR count). The number of sulfonamides is 1. The van der Waals surface area contributed by atoms with Gasteiger partial charge < -0.3 is 20.8 Å². The number of primary sulfonamides is 1. The number of nitrogens with zero attached hydrogens (tertiary/aromatic N) is 3. The zero-order valence-electron chi connectivity index (χ0n) is 12.2. The van der Waals surface area contributed by atoms with Crippen molar-refractivity contribution in [2.24, 2.45) is 5.14 Å². The van der Waals surface area contributed by atoms with E-state index in [4.69, 9.17) is 10.2 Å². The van der Waals surface area contributed by atoms with Crippen LogP contribution in [0.15, 0.2) is 34.0 Å². The average molecular weight is 419 g/mol. The number of aliphatic hydroxyl groups is 2. The largest absolute Gasteiger partial charge is 0.394 e. The topological polar surface area (TPSA) is 163 Å². The highest BCUT2D eigenvalue weighted by Gasteiger charge is 2.10. The average Bonchev–Trinajstić information content (AvgIpc) is 2.54. The highest BCUT2D eigenvalue weighted by molar-refractivity contribution is 9.10. The fourth-order valence-electron chi connectivity index (χ4n) is 1.58. The van der Waals surface area contributed by atoms with Crippen LogP contribution in [0.25, 0.3) is 0 Å². The number of hydrogen-bond donors (Lipinski definition) is 5. The van der Waals surface area contributed by atoms with Gasteiger partial charge in [-0.15, -0.1) is 0 Å². The van der Waals surface area contributed by atoms with Crippen LogP contribution in [0.4, 0.5) is 17.5 Å². The number of halogens is 1. The molecule has 0 aromatic carbocycles. The summed E-state index contributed by atoms with van der Waals surface area (Å²) in [6, 6.07) is 2.73. The van der Waals surface area contributed by atoms with Gasteiger partial charge in [0.05, 0.1) is 29.1 Å². The van der Waals surface area contributed by atoms with Gasteiger partial charge in [0.1, 0.15) is 5.82 Å². The van der Waals surface area contributed by atoms with Gasteiger partial charge in [0.15, 0.2) is 5.03 Å². The van der Waals surface area contributed by atoms with E-state index in [2.05, 4.69) is 41.5 Å². The first-order valence-electron chi connectivity index (χ1n) is 6.61. The lowest BCUT2D eigenvalue weighted by molar-refractivity contribution is 0.105. The first-order chi connectivity index (χ1) is 11.3. The van der Waals surface area contributed by atoms with Crippen molar-refractivity contribution in [3.05, 3.63) is 29.0 Å². The molecule has 0 saturated carbocycles. The predicted molar refractivity (Wildman–Crippen MR) is 90.2 cm³/mol. The fraction of sp³-hybridized carbons (Fsp3) is 0.250. The molecule has 130 valence electrons. The minimum atomic E-state index is -3.85. The maximum absolute atomic E-state index is 11.2. The minimum absolute atomic E-state index is 0.107. The van der Waals surface area contributed by atoms with Crippen LogP contribution in [-0.4, -0.2) is 52.8 Å². The molecule has 0 fully saturated rings. The Balaban J connectivity index is 2.12. The van der Waals surface area contributed by atoms with Crippen molar-refractivity contribution < 1.29 is 18.6 Å². The summed E-state index contributed by atoms with van der Waals surface area (Å²) < 4.78 is 22.9. The van der Waals surface area contributed by atoms with E-state index in [1.807, 2.05) is 0 Å². The van der Waals surface area contributed by atoms with Crippen LogP contribution < -0.4 is 15.8 Å². The van der Waals surface area contributed by atoms with Gasteiger partial charge in [0.25, 0.3) is 10.0 Å². The molecule has 1 atom stereocenters. The third kappa shape index (κ3) is 5.07. The predicted octanol–water partition coefficient (Wildman–Crippen LogP) is -0.210. The smallest absolute Gasteiger partial charge is 0.255 e. The number of nitrogens with two attached hydrogens (primary N) is 1. The number of rotatable bonds is 7. The molecule has 0 aliphatic carbocycles. The summed E-state index contributed by atoms with van der Waals surface area (Å²) in [4.78, 5) is 12.0. The normalized spacial score (nSPS) is 12.7. The summed E-state index contributed by atoms with van der Waals surface area (Å²) in [6.45, 7) is -0.265. The Morgan fingerprint density at radius 3 is 2.62 bits per heavy atom. The number of pyridine rings is 1. The van der Waals surface area contributed by atoms with Crippen LogP contribution in [0.5, 0.6) is 0 Å². The van der Waals surface area contributed by atoms with Crippen molar-refractivity contribution in [2.45, 2.75) is 11.1 Å². The standard InChI is InChI=1S/C12H15BrN6O4S/c13-9-5-17-12(19-11(9)16-4-8(21)6-20)18-7-1-2-10(15-3-7)24(14,22)23/h1-3,5,8,20-21H,4,6H2,(H2,14,22,23)(H2,16,17,18,19). The molecule has 0 aliphatic heterocycles. The summed E-state index contributed by atoms with van der Waals surface area (Å²) in [7, 11) is -3.85. The van der Waals surface area contributed by atoms with Crippen LogP contribution in [0, 0.1) is 0 Å². The van der Waals surface area contributed by atoms with E-state index in [9.17, 15) is 13.5 Å². The maximum Gasteiger partial charge on any atom is 0.255 e. The molecule has 0 saturated heterocycles. The van der Waals surface area contributed by atoms with Crippen molar-refractivity contribution in [1.29, 1.82) is 0 Å². The van der Waals surface area contributed by atoms with Crippen molar-refractivity contribution in [1.82, 2.24) is 15.0 Å². The van der Waals surface area contributed by atoms with Crippen LogP contribution >= 0.6 is 15.9 Å². The number of aromatic nitrogens is 3. The van der Waals surface area contributed by atoms with Gasteiger partial charge in [-0.3, -0.25) is 0 Å². The Hall–Kier alpha value is -1.86.